The minimum absolute atomic E-state index is 0.0184. The van der Waals surface area contributed by atoms with Crippen molar-refractivity contribution in [2.24, 2.45) is 0 Å². The Balaban J connectivity index is 1.36. The highest BCUT2D eigenvalue weighted by Gasteiger charge is 2.36. The molecule has 11 heteroatoms. The Morgan fingerprint density at radius 3 is 2.59 bits per heavy atom. The summed E-state index contributed by atoms with van der Waals surface area (Å²) in [5.41, 5.74) is 1.13. The highest BCUT2D eigenvalue weighted by molar-refractivity contribution is 7.89. The molecule has 0 N–H and O–H groups in total. The number of amides is 1. The van der Waals surface area contributed by atoms with Crippen molar-refractivity contribution >= 4 is 50.7 Å². The van der Waals surface area contributed by atoms with Crippen LogP contribution in [-0.2, 0) is 19.6 Å². The van der Waals surface area contributed by atoms with E-state index < -0.39 is 16.1 Å². The predicted molar refractivity (Wildman–Crippen MR) is 132 cm³/mol. The number of hydrogen-bond acceptors (Lipinski definition) is 5. The van der Waals surface area contributed by atoms with E-state index in [0.29, 0.717) is 26.1 Å². The van der Waals surface area contributed by atoms with Crippen molar-refractivity contribution in [2.45, 2.75) is 42.5 Å². The molecule has 2 unspecified atom stereocenters. The summed E-state index contributed by atoms with van der Waals surface area (Å²) in [5, 5.41) is 0.226. The molecular weight excluding hydrogens is 521 g/mol. The fraction of sp³-hybridized carbons (Fsp3) is 0.478. The molecule has 0 saturated carbocycles. The number of hydrogen-bond donors (Lipinski definition) is 0. The molecule has 0 spiro atoms. The van der Waals surface area contributed by atoms with Crippen LogP contribution in [0.15, 0.2) is 41.6 Å². The van der Waals surface area contributed by atoms with Gasteiger partial charge in [-0.1, -0.05) is 47.3 Å². The van der Waals surface area contributed by atoms with Crippen molar-refractivity contribution in [3.63, 3.8) is 0 Å². The second-order valence-electron chi connectivity index (χ2n) is 8.59. The third-order valence-corrected chi connectivity index (χ3v) is 9.43. The van der Waals surface area contributed by atoms with Crippen molar-refractivity contribution in [3.8, 4) is 0 Å². The standard InChI is InChI=1S/C23H26Cl3N3O4S/c24-18-10-20(25)23(21(26)11-18)34(31,32)29-8-2-1-5-19(29)14-33-15-22(30)28-9-6-17(13-28)16-4-3-7-27-12-16/h3-4,7,10-12,17,19H,1-2,5-6,8-9,13-15H2. The molecule has 184 valence electrons. The maximum absolute atomic E-state index is 13.4. The number of sulfonamides is 1. The molecule has 1 aromatic heterocycles. The van der Waals surface area contributed by atoms with Crippen LogP contribution in [0, 0.1) is 0 Å². The van der Waals surface area contributed by atoms with Gasteiger partial charge in [0.1, 0.15) is 11.5 Å². The smallest absolute Gasteiger partial charge is 0.248 e. The SMILES string of the molecule is O=C(COCC1CCCCN1S(=O)(=O)c1c(Cl)cc(Cl)cc1Cl)N1CCC(c2cccnc2)C1. The average Bonchev–Trinajstić information content (AvgIpc) is 3.29. The van der Waals surface area contributed by atoms with Gasteiger partial charge in [0.15, 0.2) is 0 Å². The Bertz CT molecular complexity index is 1110. The van der Waals surface area contributed by atoms with Crippen LogP contribution in [0.25, 0.3) is 0 Å². The van der Waals surface area contributed by atoms with E-state index in [1.54, 1.807) is 11.1 Å². The van der Waals surface area contributed by atoms with E-state index in [2.05, 4.69) is 4.98 Å². The first-order valence-electron chi connectivity index (χ1n) is 11.2. The quantitative estimate of drug-likeness (QED) is 0.506. The van der Waals surface area contributed by atoms with Gasteiger partial charge in [-0.2, -0.15) is 4.31 Å². The van der Waals surface area contributed by atoms with Crippen LogP contribution in [0.4, 0.5) is 0 Å². The van der Waals surface area contributed by atoms with Crippen molar-refractivity contribution in [3.05, 3.63) is 57.3 Å². The van der Waals surface area contributed by atoms with Gasteiger partial charge in [0.2, 0.25) is 15.9 Å². The normalized spacial score (nSPS) is 21.7. The molecule has 1 amide bonds. The molecule has 3 heterocycles. The molecule has 2 aromatic rings. The summed E-state index contributed by atoms with van der Waals surface area (Å²) in [6.07, 6.45) is 6.68. The zero-order valence-corrected chi connectivity index (χ0v) is 21.6. The van der Waals surface area contributed by atoms with Crippen LogP contribution in [0.3, 0.4) is 0 Å². The molecule has 2 aliphatic heterocycles. The number of carbonyl (C=O) groups is 1. The van der Waals surface area contributed by atoms with Gasteiger partial charge in [-0.25, -0.2) is 8.42 Å². The van der Waals surface area contributed by atoms with Crippen LogP contribution in [0.2, 0.25) is 15.1 Å². The number of ether oxygens (including phenoxy) is 1. The number of pyridine rings is 1. The van der Waals surface area contributed by atoms with Crippen molar-refractivity contribution < 1.29 is 17.9 Å². The lowest BCUT2D eigenvalue weighted by atomic mass is 10.0. The summed E-state index contributed by atoms with van der Waals surface area (Å²) in [4.78, 5) is 18.5. The summed E-state index contributed by atoms with van der Waals surface area (Å²) in [7, 11) is -3.96. The fourth-order valence-corrected chi connectivity index (χ4v) is 7.78. The van der Waals surface area contributed by atoms with Crippen molar-refractivity contribution in [1.82, 2.24) is 14.2 Å². The zero-order valence-electron chi connectivity index (χ0n) is 18.5. The largest absolute Gasteiger partial charge is 0.370 e. The number of carbonyl (C=O) groups excluding carboxylic acids is 1. The topological polar surface area (TPSA) is 79.8 Å². The van der Waals surface area contributed by atoms with Crippen LogP contribution < -0.4 is 0 Å². The molecule has 0 bridgehead atoms. The Morgan fingerprint density at radius 1 is 1.12 bits per heavy atom. The van der Waals surface area contributed by atoms with Crippen molar-refractivity contribution in [1.29, 1.82) is 0 Å². The number of benzene rings is 1. The number of aromatic nitrogens is 1. The van der Waals surface area contributed by atoms with Crippen LogP contribution >= 0.6 is 34.8 Å². The lowest BCUT2D eigenvalue weighted by Gasteiger charge is -2.35. The van der Waals surface area contributed by atoms with E-state index >= 15 is 0 Å². The Kier molecular flexibility index (Phi) is 8.38. The Hall–Kier alpha value is -1.42. The third-order valence-electron chi connectivity index (χ3n) is 6.34. The first-order valence-corrected chi connectivity index (χ1v) is 13.8. The zero-order chi connectivity index (χ0) is 24.3. The van der Waals surface area contributed by atoms with Gasteiger partial charge in [-0.3, -0.25) is 9.78 Å². The summed E-state index contributed by atoms with van der Waals surface area (Å²) in [5.74, 6) is 0.172. The molecule has 0 radical (unpaired) electrons. The maximum Gasteiger partial charge on any atom is 0.248 e. The lowest BCUT2D eigenvalue weighted by Crippen LogP contribution is -2.46. The highest BCUT2D eigenvalue weighted by Crippen LogP contribution is 2.36. The Morgan fingerprint density at radius 2 is 1.88 bits per heavy atom. The van der Waals surface area contributed by atoms with E-state index in [9.17, 15) is 13.2 Å². The highest BCUT2D eigenvalue weighted by atomic mass is 35.5. The van der Waals surface area contributed by atoms with Gasteiger partial charge in [-0.15, -0.1) is 0 Å². The van der Waals surface area contributed by atoms with Gasteiger partial charge in [0.25, 0.3) is 0 Å². The van der Waals surface area contributed by atoms with E-state index in [4.69, 9.17) is 39.5 Å². The van der Waals surface area contributed by atoms with Gasteiger partial charge in [-0.05, 0) is 43.0 Å². The minimum Gasteiger partial charge on any atom is -0.370 e. The average molecular weight is 547 g/mol. The second-order valence-corrected chi connectivity index (χ2v) is 11.7. The molecule has 2 fully saturated rings. The first-order chi connectivity index (χ1) is 16.3. The minimum atomic E-state index is -3.96. The summed E-state index contributed by atoms with van der Waals surface area (Å²) >= 11 is 18.3. The first kappa shape index (κ1) is 25.7. The number of halogens is 3. The second kappa shape index (κ2) is 11.1. The monoisotopic (exact) mass is 545 g/mol. The summed E-state index contributed by atoms with van der Waals surface area (Å²) in [6, 6.07) is 6.25. The van der Waals surface area contributed by atoms with Gasteiger partial charge in [0, 0.05) is 49.0 Å². The summed E-state index contributed by atoms with van der Waals surface area (Å²) in [6.45, 7) is 1.66. The number of nitrogens with zero attached hydrogens (tertiary/aromatic N) is 3. The Labute approximate surface area is 215 Å². The van der Waals surface area contributed by atoms with Crippen molar-refractivity contribution in [2.75, 3.05) is 32.8 Å². The van der Waals surface area contributed by atoms with Gasteiger partial charge >= 0.3 is 0 Å². The van der Waals surface area contributed by atoms with Gasteiger partial charge in [0.05, 0.1) is 16.7 Å². The molecule has 2 saturated heterocycles. The van der Waals surface area contributed by atoms with Crippen LogP contribution in [0.5, 0.6) is 0 Å². The lowest BCUT2D eigenvalue weighted by molar-refractivity contribution is -0.135. The van der Waals surface area contributed by atoms with E-state index in [-0.39, 0.29) is 45.0 Å². The molecule has 34 heavy (non-hydrogen) atoms. The number of likely N-dealkylation sites (tertiary alicyclic amines) is 1. The van der Waals surface area contributed by atoms with Crippen LogP contribution in [-0.4, -0.2) is 67.4 Å². The fourth-order valence-electron chi connectivity index (χ4n) is 4.60. The van der Waals surface area contributed by atoms with E-state index in [1.807, 2.05) is 18.3 Å². The number of rotatable bonds is 7. The number of piperidine rings is 1. The molecule has 0 aliphatic carbocycles. The molecule has 7 nitrogen and oxygen atoms in total. The molecule has 1 aromatic carbocycles. The molecule has 4 rings (SSSR count). The molecular formula is C23H26Cl3N3O4S. The third kappa shape index (κ3) is 5.69. The molecule has 2 aliphatic rings. The van der Waals surface area contributed by atoms with Crippen LogP contribution in [0.1, 0.15) is 37.2 Å². The maximum atomic E-state index is 13.4. The predicted octanol–water partition coefficient (Wildman–Crippen LogP) is 4.62. The van der Waals surface area contributed by atoms with Gasteiger partial charge < -0.3 is 9.64 Å². The van der Waals surface area contributed by atoms with E-state index in [1.165, 1.54) is 16.4 Å². The summed E-state index contributed by atoms with van der Waals surface area (Å²) < 4.78 is 33.9. The molecule has 2 atom stereocenters. The van der Waals surface area contributed by atoms with E-state index in [0.717, 1.165) is 24.8 Å².